The molecule has 1 unspecified atom stereocenters. The first-order valence-electron chi connectivity index (χ1n) is 6.31. The first-order chi connectivity index (χ1) is 7.85. The summed E-state index contributed by atoms with van der Waals surface area (Å²) in [5.74, 6) is -0.717. The van der Waals surface area contributed by atoms with Gasteiger partial charge in [0.25, 0.3) is 0 Å². The third-order valence-corrected chi connectivity index (χ3v) is 3.26. The molecular weight excluding hydrogens is 218 g/mol. The minimum Gasteiger partial charge on any atom is -0.481 e. The number of rotatable bonds is 9. The number of aliphatic carboxylic acids is 1. The van der Waals surface area contributed by atoms with Gasteiger partial charge in [0, 0.05) is 13.2 Å². The number of carbonyl (C=O) groups is 1. The summed E-state index contributed by atoms with van der Waals surface area (Å²) in [6, 6.07) is 0.387. The van der Waals surface area contributed by atoms with E-state index in [1.54, 1.807) is 21.0 Å². The zero-order valence-electron chi connectivity index (χ0n) is 11.8. The Morgan fingerprint density at radius 1 is 1.47 bits per heavy atom. The highest BCUT2D eigenvalue weighted by molar-refractivity contribution is 5.73. The first-order valence-corrected chi connectivity index (χ1v) is 6.31. The molecule has 1 N–H and O–H groups in total. The van der Waals surface area contributed by atoms with Crippen LogP contribution < -0.4 is 0 Å². The number of hydrogen-bond donors (Lipinski definition) is 1. The van der Waals surface area contributed by atoms with Crippen LogP contribution >= 0.6 is 0 Å². The van der Waals surface area contributed by atoms with Gasteiger partial charge in [0.05, 0.1) is 12.0 Å². The van der Waals surface area contributed by atoms with E-state index in [2.05, 4.69) is 18.7 Å². The van der Waals surface area contributed by atoms with Crippen molar-refractivity contribution in [2.75, 3.05) is 26.8 Å². The van der Waals surface area contributed by atoms with Gasteiger partial charge in [0.15, 0.2) is 0 Å². The highest BCUT2D eigenvalue weighted by atomic mass is 16.5. The molecule has 0 radical (unpaired) electrons. The SMILES string of the molecule is CCN(CCCC(C)(C)C(=O)O)C(C)COC. The Balaban J connectivity index is 4.04. The summed E-state index contributed by atoms with van der Waals surface area (Å²) in [5.41, 5.74) is -0.621. The number of carboxylic acid groups (broad SMARTS) is 1. The minimum atomic E-state index is -0.717. The topological polar surface area (TPSA) is 49.8 Å². The number of hydrogen-bond acceptors (Lipinski definition) is 3. The number of likely N-dealkylation sites (N-methyl/N-ethyl adjacent to an activating group) is 1. The van der Waals surface area contributed by atoms with Crippen molar-refractivity contribution < 1.29 is 14.6 Å². The second kappa shape index (κ2) is 7.67. The molecule has 0 aromatic heterocycles. The van der Waals surface area contributed by atoms with E-state index < -0.39 is 11.4 Å². The Morgan fingerprint density at radius 3 is 2.47 bits per heavy atom. The fraction of sp³-hybridized carbons (Fsp3) is 0.923. The van der Waals surface area contributed by atoms with Crippen LogP contribution in [0.15, 0.2) is 0 Å². The lowest BCUT2D eigenvalue weighted by atomic mass is 9.88. The molecule has 0 saturated heterocycles. The van der Waals surface area contributed by atoms with Crippen molar-refractivity contribution in [1.29, 1.82) is 0 Å². The lowest BCUT2D eigenvalue weighted by molar-refractivity contribution is -0.147. The summed E-state index contributed by atoms with van der Waals surface area (Å²) in [4.78, 5) is 13.3. The Kier molecular flexibility index (Phi) is 7.39. The molecule has 0 amide bonds. The van der Waals surface area contributed by atoms with Gasteiger partial charge in [-0.25, -0.2) is 0 Å². The van der Waals surface area contributed by atoms with Crippen molar-refractivity contribution in [2.24, 2.45) is 5.41 Å². The first kappa shape index (κ1) is 16.4. The Bertz CT molecular complexity index is 229. The van der Waals surface area contributed by atoms with E-state index in [-0.39, 0.29) is 0 Å². The molecule has 0 fully saturated rings. The molecule has 1 atom stereocenters. The van der Waals surface area contributed by atoms with Crippen LogP contribution in [0.3, 0.4) is 0 Å². The van der Waals surface area contributed by atoms with Gasteiger partial charge < -0.3 is 9.84 Å². The molecule has 0 aliphatic carbocycles. The summed E-state index contributed by atoms with van der Waals surface area (Å²) in [7, 11) is 1.71. The molecule has 0 aromatic rings. The van der Waals surface area contributed by atoms with Gasteiger partial charge in [0.1, 0.15) is 0 Å². The van der Waals surface area contributed by atoms with Crippen LogP contribution in [0.2, 0.25) is 0 Å². The van der Waals surface area contributed by atoms with Gasteiger partial charge in [-0.2, -0.15) is 0 Å². The number of carboxylic acids is 1. The molecule has 4 heteroatoms. The summed E-state index contributed by atoms with van der Waals surface area (Å²) < 4.78 is 5.14. The van der Waals surface area contributed by atoms with Gasteiger partial charge in [-0.05, 0) is 46.7 Å². The third-order valence-electron chi connectivity index (χ3n) is 3.26. The second-order valence-electron chi connectivity index (χ2n) is 5.23. The summed E-state index contributed by atoms with van der Waals surface area (Å²) in [6.07, 6.45) is 1.61. The number of ether oxygens (including phenoxy) is 1. The molecule has 0 spiro atoms. The van der Waals surface area contributed by atoms with Gasteiger partial charge in [-0.1, -0.05) is 6.92 Å². The third kappa shape index (κ3) is 6.03. The van der Waals surface area contributed by atoms with E-state index in [9.17, 15) is 4.79 Å². The fourth-order valence-electron chi connectivity index (χ4n) is 1.87. The molecule has 0 aliphatic rings. The van der Waals surface area contributed by atoms with Gasteiger partial charge in [-0.3, -0.25) is 9.69 Å². The standard InChI is InChI=1S/C13H27NO3/c1-6-14(11(2)10-17-5)9-7-8-13(3,4)12(15)16/h11H,6-10H2,1-5H3,(H,15,16). The fourth-order valence-corrected chi connectivity index (χ4v) is 1.87. The average molecular weight is 245 g/mol. The highest BCUT2D eigenvalue weighted by Crippen LogP contribution is 2.22. The molecule has 17 heavy (non-hydrogen) atoms. The zero-order chi connectivity index (χ0) is 13.5. The van der Waals surface area contributed by atoms with Crippen LogP contribution in [0.5, 0.6) is 0 Å². The van der Waals surface area contributed by atoms with Crippen LogP contribution in [0.1, 0.15) is 40.5 Å². The maximum absolute atomic E-state index is 11.0. The van der Waals surface area contributed by atoms with Crippen molar-refractivity contribution in [2.45, 2.75) is 46.6 Å². The Hall–Kier alpha value is -0.610. The normalized spacial score (nSPS) is 14.0. The molecule has 102 valence electrons. The maximum atomic E-state index is 11.0. The van der Waals surface area contributed by atoms with Gasteiger partial charge >= 0.3 is 5.97 Å². The predicted octanol–water partition coefficient (Wildman–Crippen LogP) is 2.23. The van der Waals surface area contributed by atoms with Gasteiger partial charge in [-0.15, -0.1) is 0 Å². The number of methoxy groups -OCH3 is 1. The monoisotopic (exact) mass is 245 g/mol. The quantitative estimate of drug-likeness (QED) is 0.677. The van der Waals surface area contributed by atoms with E-state index in [4.69, 9.17) is 9.84 Å². The van der Waals surface area contributed by atoms with Gasteiger partial charge in [0.2, 0.25) is 0 Å². The van der Waals surface area contributed by atoms with Crippen LogP contribution in [-0.4, -0.2) is 48.8 Å². The van der Waals surface area contributed by atoms with Crippen LogP contribution in [-0.2, 0) is 9.53 Å². The largest absolute Gasteiger partial charge is 0.481 e. The van der Waals surface area contributed by atoms with Crippen molar-refractivity contribution in [1.82, 2.24) is 4.90 Å². The Labute approximate surface area is 105 Å². The molecule has 0 rings (SSSR count). The summed E-state index contributed by atoms with van der Waals surface area (Å²) >= 11 is 0. The molecule has 0 bridgehead atoms. The van der Waals surface area contributed by atoms with Crippen molar-refractivity contribution in [3.63, 3.8) is 0 Å². The molecule has 4 nitrogen and oxygen atoms in total. The van der Waals surface area contributed by atoms with E-state index in [0.717, 1.165) is 26.1 Å². The average Bonchev–Trinajstić information content (AvgIpc) is 2.24. The molecule has 0 saturated carbocycles. The zero-order valence-corrected chi connectivity index (χ0v) is 11.8. The molecule has 0 heterocycles. The Morgan fingerprint density at radius 2 is 2.06 bits per heavy atom. The van der Waals surface area contributed by atoms with Crippen LogP contribution in [0, 0.1) is 5.41 Å². The van der Waals surface area contributed by atoms with Crippen molar-refractivity contribution >= 4 is 5.97 Å². The van der Waals surface area contributed by atoms with Crippen molar-refractivity contribution in [3.8, 4) is 0 Å². The molecule has 0 aliphatic heterocycles. The smallest absolute Gasteiger partial charge is 0.309 e. The maximum Gasteiger partial charge on any atom is 0.309 e. The molecule has 0 aromatic carbocycles. The number of nitrogens with zero attached hydrogens (tertiary/aromatic N) is 1. The highest BCUT2D eigenvalue weighted by Gasteiger charge is 2.26. The predicted molar refractivity (Wildman–Crippen MR) is 69.2 cm³/mol. The lowest BCUT2D eigenvalue weighted by Crippen LogP contribution is -2.37. The van der Waals surface area contributed by atoms with E-state index in [0.29, 0.717) is 12.5 Å². The lowest BCUT2D eigenvalue weighted by Gasteiger charge is -2.28. The van der Waals surface area contributed by atoms with Crippen LogP contribution in [0.25, 0.3) is 0 Å². The molecular formula is C13H27NO3. The van der Waals surface area contributed by atoms with Crippen LogP contribution in [0.4, 0.5) is 0 Å². The van der Waals surface area contributed by atoms with E-state index in [1.165, 1.54) is 0 Å². The van der Waals surface area contributed by atoms with E-state index in [1.807, 2.05) is 0 Å². The van der Waals surface area contributed by atoms with E-state index >= 15 is 0 Å². The van der Waals surface area contributed by atoms with Crippen molar-refractivity contribution in [3.05, 3.63) is 0 Å². The second-order valence-corrected chi connectivity index (χ2v) is 5.23. The summed E-state index contributed by atoms with van der Waals surface area (Å²) in [5, 5.41) is 9.02. The minimum absolute atomic E-state index is 0.387. The summed E-state index contributed by atoms with van der Waals surface area (Å²) in [6.45, 7) is 10.4.